The first-order valence-electron chi connectivity index (χ1n) is 7.45. The van der Waals surface area contributed by atoms with Gasteiger partial charge in [0.1, 0.15) is 0 Å². The summed E-state index contributed by atoms with van der Waals surface area (Å²) in [7, 11) is 4.22. The minimum Gasteiger partial charge on any atom is -0.319 e. The molecule has 0 amide bonds. The SMILES string of the molecule is CNCC(C)c1ccc(CN(C)CCC(C)C)cc1. The Labute approximate surface area is 119 Å². The first-order valence-corrected chi connectivity index (χ1v) is 7.45. The summed E-state index contributed by atoms with van der Waals surface area (Å²) in [5.41, 5.74) is 2.83. The van der Waals surface area contributed by atoms with Crippen molar-refractivity contribution in [2.45, 2.75) is 39.7 Å². The van der Waals surface area contributed by atoms with Crippen LogP contribution in [0.4, 0.5) is 0 Å². The van der Waals surface area contributed by atoms with Crippen LogP contribution in [0.1, 0.15) is 44.2 Å². The molecule has 0 aliphatic rings. The normalized spacial score (nSPS) is 13.2. The maximum absolute atomic E-state index is 3.23. The Hall–Kier alpha value is -0.860. The van der Waals surface area contributed by atoms with Crippen LogP contribution in [-0.4, -0.2) is 32.1 Å². The van der Waals surface area contributed by atoms with E-state index < -0.39 is 0 Å². The molecule has 1 aromatic carbocycles. The van der Waals surface area contributed by atoms with Gasteiger partial charge in [-0.25, -0.2) is 0 Å². The molecule has 1 unspecified atom stereocenters. The summed E-state index contributed by atoms with van der Waals surface area (Å²) in [5, 5.41) is 3.23. The molecule has 0 aromatic heterocycles. The second-order valence-electron chi connectivity index (χ2n) is 6.12. The van der Waals surface area contributed by atoms with Crippen LogP contribution in [0.15, 0.2) is 24.3 Å². The number of nitrogens with one attached hydrogen (secondary N) is 1. The molecule has 2 nitrogen and oxygen atoms in total. The summed E-state index contributed by atoms with van der Waals surface area (Å²) in [4.78, 5) is 2.41. The van der Waals surface area contributed by atoms with Gasteiger partial charge in [-0.05, 0) is 50.0 Å². The van der Waals surface area contributed by atoms with E-state index in [-0.39, 0.29) is 0 Å². The summed E-state index contributed by atoms with van der Waals surface area (Å²) < 4.78 is 0. The number of benzene rings is 1. The molecule has 0 bridgehead atoms. The average Bonchev–Trinajstić information content (AvgIpc) is 2.37. The number of rotatable bonds is 8. The Morgan fingerprint density at radius 1 is 1.11 bits per heavy atom. The lowest BCUT2D eigenvalue weighted by Gasteiger charge is -2.18. The number of hydrogen-bond acceptors (Lipinski definition) is 2. The van der Waals surface area contributed by atoms with Crippen molar-refractivity contribution < 1.29 is 0 Å². The van der Waals surface area contributed by atoms with Crippen LogP contribution in [0.5, 0.6) is 0 Å². The summed E-state index contributed by atoms with van der Waals surface area (Å²) in [6.07, 6.45) is 1.27. The third-order valence-corrected chi connectivity index (χ3v) is 3.60. The molecule has 19 heavy (non-hydrogen) atoms. The highest BCUT2D eigenvalue weighted by Crippen LogP contribution is 2.16. The molecule has 0 heterocycles. The van der Waals surface area contributed by atoms with Crippen molar-refractivity contribution in [3.63, 3.8) is 0 Å². The molecule has 1 N–H and O–H groups in total. The summed E-state index contributed by atoms with van der Waals surface area (Å²) in [6.45, 7) is 10.1. The molecule has 1 atom stereocenters. The van der Waals surface area contributed by atoms with Gasteiger partial charge in [-0.3, -0.25) is 0 Å². The zero-order valence-electron chi connectivity index (χ0n) is 13.2. The van der Waals surface area contributed by atoms with Crippen molar-refractivity contribution in [2.24, 2.45) is 5.92 Å². The predicted octanol–water partition coefficient (Wildman–Crippen LogP) is 3.49. The van der Waals surface area contributed by atoms with Gasteiger partial charge >= 0.3 is 0 Å². The molecule has 0 saturated heterocycles. The van der Waals surface area contributed by atoms with Crippen LogP contribution in [-0.2, 0) is 6.54 Å². The maximum Gasteiger partial charge on any atom is 0.0230 e. The monoisotopic (exact) mass is 262 g/mol. The molecule has 1 aromatic rings. The van der Waals surface area contributed by atoms with E-state index in [2.05, 4.69) is 62.3 Å². The van der Waals surface area contributed by atoms with Crippen molar-refractivity contribution in [1.29, 1.82) is 0 Å². The topological polar surface area (TPSA) is 15.3 Å². The van der Waals surface area contributed by atoms with Gasteiger partial charge in [-0.1, -0.05) is 45.0 Å². The molecule has 0 fully saturated rings. The molecule has 0 aliphatic heterocycles. The molecule has 0 spiro atoms. The Bertz CT molecular complexity index is 343. The van der Waals surface area contributed by atoms with Crippen molar-refractivity contribution >= 4 is 0 Å². The van der Waals surface area contributed by atoms with Crippen LogP contribution >= 0.6 is 0 Å². The van der Waals surface area contributed by atoms with Crippen LogP contribution < -0.4 is 5.32 Å². The summed E-state index contributed by atoms with van der Waals surface area (Å²) in [6, 6.07) is 9.09. The van der Waals surface area contributed by atoms with Gasteiger partial charge < -0.3 is 10.2 Å². The Kier molecular flexibility index (Phi) is 7.11. The molecule has 2 heteroatoms. The van der Waals surface area contributed by atoms with E-state index in [0.717, 1.165) is 19.0 Å². The van der Waals surface area contributed by atoms with Crippen LogP contribution in [0.3, 0.4) is 0 Å². The second-order valence-corrected chi connectivity index (χ2v) is 6.12. The minimum atomic E-state index is 0.581. The lowest BCUT2D eigenvalue weighted by Crippen LogP contribution is -2.20. The van der Waals surface area contributed by atoms with Crippen LogP contribution in [0, 0.1) is 5.92 Å². The molecule has 1 rings (SSSR count). The molecule has 108 valence electrons. The van der Waals surface area contributed by atoms with Gasteiger partial charge in [0.15, 0.2) is 0 Å². The quantitative estimate of drug-likeness (QED) is 0.771. The van der Waals surface area contributed by atoms with Gasteiger partial charge in [-0.15, -0.1) is 0 Å². The van der Waals surface area contributed by atoms with Gasteiger partial charge in [0.2, 0.25) is 0 Å². The van der Waals surface area contributed by atoms with Crippen LogP contribution in [0.2, 0.25) is 0 Å². The Morgan fingerprint density at radius 2 is 1.74 bits per heavy atom. The van der Waals surface area contributed by atoms with E-state index in [0.29, 0.717) is 5.92 Å². The van der Waals surface area contributed by atoms with Crippen LogP contribution in [0.25, 0.3) is 0 Å². The first kappa shape index (κ1) is 16.2. The van der Waals surface area contributed by atoms with Crippen molar-refractivity contribution in [1.82, 2.24) is 10.2 Å². The molecule has 0 aliphatic carbocycles. The number of hydrogen-bond donors (Lipinski definition) is 1. The maximum atomic E-state index is 3.23. The zero-order valence-corrected chi connectivity index (χ0v) is 13.2. The molecular formula is C17H30N2. The third kappa shape index (κ3) is 6.22. The van der Waals surface area contributed by atoms with Gasteiger partial charge in [0.05, 0.1) is 0 Å². The summed E-state index contributed by atoms with van der Waals surface area (Å²) in [5.74, 6) is 1.37. The van der Waals surface area contributed by atoms with Crippen molar-refractivity contribution in [2.75, 3.05) is 27.2 Å². The lowest BCUT2D eigenvalue weighted by molar-refractivity contribution is 0.303. The van der Waals surface area contributed by atoms with E-state index in [1.807, 2.05) is 7.05 Å². The van der Waals surface area contributed by atoms with Gasteiger partial charge in [0.25, 0.3) is 0 Å². The van der Waals surface area contributed by atoms with E-state index in [9.17, 15) is 0 Å². The van der Waals surface area contributed by atoms with E-state index in [1.54, 1.807) is 0 Å². The molecular weight excluding hydrogens is 232 g/mol. The highest BCUT2D eigenvalue weighted by Gasteiger charge is 2.05. The highest BCUT2D eigenvalue weighted by atomic mass is 15.1. The smallest absolute Gasteiger partial charge is 0.0230 e. The Morgan fingerprint density at radius 3 is 2.26 bits per heavy atom. The standard InChI is InChI=1S/C17H30N2/c1-14(2)10-11-19(5)13-16-6-8-17(9-7-16)15(3)12-18-4/h6-9,14-15,18H,10-13H2,1-5H3. The average molecular weight is 262 g/mol. The largest absolute Gasteiger partial charge is 0.319 e. The fraction of sp³-hybridized carbons (Fsp3) is 0.647. The minimum absolute atomic E-state index is 0.581. The lowest BCUT2D eigenvalue weighted by atomic mass is 10.00. The highest BCUT2D eigenvalue weighted by molar-refractivity contribution is 5.25. The Balaban J connectivity index is 2.47. The summed E-state index contributed by atoms with van der Waals surface area (Å²) >= 11 is 0. The first-order chi connectivity index (χ1) is 9.02. The van der Waals surface area contributed by atoms with Gasteiger partial charge in [-0.2, -0.15) is 0 Å². The van der Waals surface area contributed by atoms with E-state index >= 15 is 0 Å². The zero-order chi connectivity index (χ0) is 14.3. The fourth-order valence-corrected chi connectivity index (χ4v) is 2.24. The van der Waals surface area contributed by atoms with Crippen molar-refractivity contribution in [3.8, 4) is 0 Å². The van der Waals surface area contributed by atoms with E-state index in [1.165, 1.54) is 24.1 Å². The third-order valence-electron chi connectivity index (χ3n) is 3.60. The van der Waals surface area contributed by atoms with Crippen molar-refractivity contribution in [3.05, 3.63) is 35.4 Å². The second kappa shape index (κ2) is 8.34. The van der Waals surface area contributed by atoms with E-state index in [4.69, 9.17) is 0 Å². The number of likely N-dealkylation sites (N-methyl/N-ethyl adjacent to an activating group) is 1. The molecule has 0 radical (unpaired) electrons. The fourth-order valence-electron chi connectivity index (χ4n) is 2.24. The van der Waals surface area contributed by atoms with Gasteiger partial charge in [0, 0.05) is 13.1 Å². The number of nitrogens with zero attached hydrogens (tertiary/aromatic N) is 1. The molecule has 0 saturated carbocycles. The predicted molar refractivity (Wildman–Crippen MR) is 84.6 cm³/mol.